The molecule has 1 aliphatic rings. The zero-order chi connectivity index (χ0) is 12.9. The Kier molecular flexibility index (Phi) is 5.94. The first-order valence-electron chi connectivity index (χ1n) is 7.45. The number of hydrogen-bond acceptors (Lipinski definition) is 2. The van der Waals surface area contributed by atoms with Crippen LogP contribution in [0.25, 0.3) is 0 Å². The van der Waals surface area contributed by atoms with Crippen molar-refractivity contribution in [1.82, 2.24) is 10.2 Å². The molecular weight excluding hydrogens is 208 g/mol. The van der Waals surface area contributed by atoms with Gasteiger partial charge in [-0.15, -0.1) is 0 Å². The van der Waals surface area contributed by atoms with Gasteiger partial charge in [0.15, 0.2) is 0 Å². The molecule has 17 heavy (non-hydrogen) atoms. The number of likely N-dealkylation sites (tertiary alicyclic amines) is 1. The molecule has 1 heterocycles. The lowest BCUT2D eigenvalue weighted by Gasteiger charge is -2.38. The summed E-state index contributed by atoms with van der Waals surface area (Å²) in [6, 6.07) is 0.733. The Bertz CT molecular complexity index is 211. The van der Waals surface area contributed by atoms with Crippen LogP contribution in [0.5, 0.6) is 0 Å². The summed E-state index contributed by atoms with van der Waals surface area (Å²) in [6.07, 6.45) is 5.35. The first kappa shape index (κ1) is 15.0. The van der Waals surface area contributed by atoms with Crippen LogP contribution in [0.15, 0.2) is 0 Å². The van der Waals surface area contributed by atoms with Gasteiger partial charge in [-0.1, -0.05) is 27.2 Å². The third kappa shape index (κ3) is 4.59. The third-order valence-electron chi connectivity index (χ3n) is 3.96. The summed E-state index contributed by atoms with van der Waals surface area (Å²) in [4.78, 5) is 2.74. The van der Waals surface area contributed by atoms with Gasteiger partial charge in [-0.25, -0.2) is 0 Å². The average molecular weight is 240 g/mol. The van der Waals surface area contributed by atoms with E-state index in [1.54, 1.807) is 0 Å². The van der Waals surface area contributed by atoms with Gasteiger partial charge in [-0.05, 0) is 52.1 Å². The zero-order valence-corrected chi connectivity index (χ0v) is 12.6. The summed E-state index contributed by atoms with van der Waals surface area (Å²) in [5.74, 6) is 0.754. The molecule has 0 aliphatic carbocycles. The molecule has 1 unspecified atom stereocenters. The molecule has 2 nitrogen and oxygen atoms in total. The molecule has 0 spiro atoms. The standard InChI is InChI=1S/C15H32N2/c1-6-8-14(12-16-11-13(2)3)17-10-7-9-15(17,4)5/h13-14,16H,6-12H2,1-5H3. The normalized spacial score (nSPS) is 22.2. The van der Waals surface area contributed by atoms with Crippen molar-refractivity contribution in [3.8, 4) is 0 Å². The number of rotatable bonds is 7. The van der Waals surface area contributed by atoms with E-state index in [4.69, 9.17) is 0 Å². The van der Waals surface area contributed by atoms with Crippen LogP contribution in [0, 0.1) is 5.92 Å². The van der Waals surface area contributed by atoms with E-state index < -0.39 is 0 Å². The van der Waals surface area contributed by atoms with Crippen molar-refractivity contribution in [3.05, 3.63) is 0 Å². The molecule has 1 rings (SSSR count). The lowest BCUT2D eigenvalue weighted by Crippen LogP contribution is -2.49. The molecule has 1 saturated heterocycles. The van der Waals surface area contributed by atoms with Crippen LogP contribution in [-0.4, -0.2) is 36.1 Å². The fraction of sp³-hybridized carbons (Fsp3) is 1.00. The van der Waals surface area contributed by atoms with E-state index in [1.165, 1.54) is 32.2 Å². The fourth-order valence-electron chi connectivity index (χ4n) is 3.05. The molecule has 0 bridgehead atoms. The Hall–Kier alpha value is -0.0800. The zero-order valence-electron chi connectivity index (χ0n) is 12.6. The molecule has 0 aromatic heterocycles. The average Bonchev–Trinajstić information content (AvgIpc) is 2.56. The van der Waals surface area contributed by atoms with E-state index in [0.717, 1.165) is 25.0 Å². The predicted octanol–water partition coefficient (Wildman–Crippen LogP) is 3.28. The van der Waals surface area contributed by atoms with Crippen LogP contribution in [-0.2, 0) is 0 Å². The molecule has 1 fully saturated rings. The minimum absolute atomic E-state index is 0.416. The Morgan fingerprint density at radius 3 is 2.41 bits per heavy atom. The van der Waals surface area contributed by atoms with Crippen molar-refractivity contribution >= 4 is 0 Å². The van der Waals surface area contributed by atoms with Gasteiger partial charge in [-0.2, -0.15) is 0 Å². The second-order valence-corrected chi connectivity index (χ2v) is 6.60. The van der Waals surface area contributed by atoms with E-state index in [-0.39, 0.29) is 0 Å². The van der Waals surface area contributed by atoms with E-state index in [2.05, 4.69) is 44.8 Å². The van der Waals surface area contributed by atoms with Crippen LogP contribution in [0.3, 0.4) is 0 Å². The number of nitrogens with zero attached hydrogens (tertiary/aromatic N) is 1. The van der Waals surface area contributed by atoms with Crippen LogP contribution in [0.2, 0.25) is 0 Å². The lowest BCUT2D eigenvalue weighted by molar-refractivity contribution is 0.106. The first-order valence-corrected chi connectivity index (χ1v) is 7.45. The van der Waals surface area contributed by atoms with Crippen molar-refractivity contribution in [2.45, 2.75) is 71.9 Å². The van der Waals surface area contributed by atoms with Gasteiger partial charge in [0.1, 0.15) is 0 Å². The minimum atomic E-state index is 0.416. The monoisotopic (exact) mass is 240 g/mol. The van der Waals surface area contributed by atoms with Gasteiger partial charge in [-0.3, -0.25) is 4.90 Å². The van der Waals surface area contributed by atoms with Crippen molar-refractivity contribution < 1.29 is 0 Å². The largest absolute Gasteiger partial charge is 0.315 e. The molecule has 0 saturated carbocycles. The summed E-state index contributed by atoms with van der Waals surface area (Å²) in [6.45, 7) is 15.3. The van der Waals surface area contributed by atoms with E-state index in [1.807, 2.05) is 0 Å². The first-order chi connectivity index (χ1) is 7.97. The van der Waals surface area contributed by atoms with Gasteiger partial charge >= 0.3 is 0 Å². The van der Waals surface area contributed by atoms with Crippen LogP contribution in [0.1, 0.15) is 60.3 Å². The Labute approximate surface area is 108 Å². The Morgan fingerprint density at radius 1 is 1.24 bits per heavy atom. The maximum Gasteiger partial charge on any atom is 0.0225 e. The Morgan fingerprint density at radius 2 is 1.94 bits per heavy atom. The second-order valence-electron chi connectivity index (χ2n) is 6.60. The fourth-order valence-corrected chi connectivity index (χ4v) is 3.05. The lowest BCUT2D eigenvalue weighted by atomic mass is 9.99. The van der Waals surface area contributed by atoms with Crippen LogP contribution >= 0.6 is 0 Å². The summed E-state index contributed by atoms with van der Waals surface area (Å²) in [5, 5.41) is 3.64. The van der Waals surface area contributed by atoms with Gasteiger partial charge in [0.05, 0.1) is 0 Å². The van der Waals surface area contributed by atoms with Crippen molar-refractivity contribution in [2.24, 2.45) is 5.92 Å². The SMILES string of the molecule is CCCC(CNCC(C)C)N1CCCC1(C)C. The predicted molar refractivity (Wildman–Crippen MR) is 76.4 cm³/mol. The number of nitrogens with one attached hydrogen (secondary N) is 1. The third-order valence-corrected chi connectivity index (χ3v) is 3.96. The number of hydrogen-bond donors (Lipinski definition) is 1. The van der Waals surface area contributed by atoms with Crippen molar-refractivity contribution in [1.29, 1.82) is 0 Å². The van der Waals surface area contributed by atoms with Crippen molar-refractivity contribution in [3.63, 3.8) is 0 Å². The quantitative estimate of drug-likeness (QED) is 0.735. The summed E-state index contributed by atoms with van der Waals surface area (Å²) in [7, 11) is 0. The summed E-state index contributed by atoms with van der Waals surface area (Å²) in [5.41, 5.74) is 0.416. The maximum atomic E-state index is 3.64. The molecule has 1 atom stereocenters. The smallest absolute Gasteiger partial charge is 0.0225 e. The highest BCUT2D eigenvalue weighted by Crippen LogP contribution is 2.31. The van der Waals surface area contributed by atoms with E-state index in [0.29, 0.717) is 5.54 Å². The maximum absolute atomic E-state index is 3.64. The van der Waals surface area contributed by atoms with Gasteiger partial charge < -0.3 is 5.32 Å². The topological polar surface area (TPSA) is 15.3 Å². The molecule has 2 heteroatoms. The molecule has 102 valence electrons. The highest BCUT2D eigenvalue weighted by molar-refractivity contribution is 4.92. The van der Waals surface area contributed by atoms with Gasteiger partial charge in [0.2, 0.25) is 0 Å². The second kappa shape index (κ2) is 6.75. The van der Waals surface area contributed by atoms with E-state index in [9.17, 15) is 0 Å². The molecule has 0 radical (unpaired) electrons. The van der Waals surface area contributed by atoms with E-state index >= 15 is 0 Å². The van der Waals surface area contributed by atoms with Crippen LogP contribution in [0.4, 0.5) is 0 Å². The highest BCUT2D eigenvalue weighted by Gasteiger charge is 2.35. The Balaban J connectivity index is 2.47. The van der Waals surface area contributed by atoms with Gasteiger partial charge in [0, 0.05) is 18.1 Å². The summed E-state index contributed by atoms with van der Waals surface area (Å²) < 4.78 is 0. The van der Waals surface area contributed by atoms with Crippen molar-refractivity contribution in [2.75, 3.05) is 19.6 Å². The van der Waals surface area contributed by atoms with Crippen LogP contribution < -0.4 is 5.32 Å². The highest BCUT2D eigenvalue weighted by atomic mass is 15.2. The molecule has 0 aromatic rings. The molecule has 0 amide bonds. The molecular formula is C15H32N2. The molecule has 1 aliphatic heterocycles. The summed E-state index contributed by atoms with van der Waals surface area (Å²) >= 11 is 0. The minimum Gasteiger partial charge on any atom is -0.315 e. The molecule has 0 aromatic carbocycles. The van der Waals surface area contributed by atoms with Gasteiger partial charge in [0.25, 0.3) is 0 Å². The molecule has 1 N–H and O–H groups in total.